The summed E-state index contributed by atoms with van der Waals surface area (Å²) < 4.78 is 6.09. The van der Waals surface area contributed by atoms with Gasteiger partial charge in [-0.05, 0) is 24.5 Å². The Morgan fingerprint density at radius 1 is 1.04 bits per heavy atom. The fourth-order valence-corrected chi connectivity index (χ4v) is 5.66. The number of benzene rings is 1. The van der Waals surface area contributed by atoms with E-state index in [1.54, 1.807) is 4.90 Å². The molecule has 0 saturated carbocycles. The third kappa shape index (κ3) is 3.78. The number of fused-ring (bicyclic) bond motifs is 2. The minimum Gasteiger partial charge on any atom is -0.474 e. The lowest BCUT2D eigenvalue weighted by Crippen LogP contribution is -2.48. The van der Waals surface area contributed by atoms with Crippen LogP contribution in [0.25, 0.3) is 11.1 Å². The molecule has 5 nitrogen and oxygen atoms in total. The van der Waals surface area contributed by atoms with E-state index in [0.717, 1.165) is 36.8 Å². The second-order valence-corrected chi connectivity index (χ2v) is 14.1. The lowest BCUT2D eigenvalue weighted by molar-refractivity contribution is 0.0477. The van der Waals surface area contributed by atoms with Crippen molar-refractivity contribution in [2.75, 3.05) is 0 Å². The first-order valence-electron chi connectivity index (χ1n) is 10.1. The number of hydrogen-bond donors (Lipinski definition) is 1. The van der Waals surface area contributed by atoms with E-state index in [9.17, 15) is 9.90 Å². The molecule has 2 aliphatic rings. The quantitative estimate of drug-likeness (QED) is 0.781. The maximum absolute atomic E-state index is 11.4. The first-order valence-corrected chi connectivity index (χ1v) is 13.6. The number of aromatic nitrogens is 1. The number of carbonyl (C=O) groups is 1. The summed E-state index contributed by atoms with van der Waals surface area (Å²) in [6, 6.07) is 13.0. The van der Waals surface area contributed by atoms with E-state index < -0.39 is 14.2 Å². The summed E-state index contributed by atoms with van der Waals surface area (Å²) >= 11 is 0. The van der Waals surface area contributed by atoms with Gasteiger partial charge in [0.25, 0.3) is 0 Å². The van der Waals surface area contributed by atoms with E-state index in [0.29, 0.717) is 5.88 Å². The zero-order chi connectivity index (χ0) is 19.9. The monoisotopic (exact) mass is 396 g/mol. The van der Waals surface area contributed by atoms with Gasteiger partial charge in [-0.3, -0.25) is 0 Å². The Bertz CT molecular complexity index is 832. The van der Waals surface area contributed by atoms with Gasteiger partial charge in [0, 0.05) is 42.8 Å². The van der Waals surface area contributed by atoms with Gasteiger partial charge in [-0.1, -0.05) is 49.1 Å². The molecule has 3 heterocycles. The minimum absolute atomic E-state index is 0.0440. The topological polar surface area (TPSA) is 62.7 Å². The second-order valence-electron chi connectivity index (χ2n) is 9.00. The number of carboxylic acid groups (broad SMARTS) is 1. The molecule has 0 radical (unpaired) electrons. The Morgan fingerprint density at radius 3 is 2.14 bits per heavy atom. The molecule has 0 aliphatic carbocycles. The summed E-state index contributed by atoms with van der Waals surface area (Å²) in [7, 11) is -1.29. The number of pyridine rings is 1. The summed E-state index contributed by atoms with van der Waals surface area (Å²) in [4.78, 5) is 17.5. The smallest absolute Gasteiger partial charge is 0.407 e. The summed E-state index contributed by atoms with van der Waals surface area (Å²) in [6.07, 6.45) is 4.50. The molecule has 148 valence electrons. The van der Waals surface area contributed by atoms with E-state index >= 15 is 0 Å². The van der Waals surface area contributed by atoms with Gasteiger partial charge in [-0.25, -0.2) is 9.78 Å². The van der Waals surface area contributed by atoms with Crippen LogP contribution in [0.2, 0.25) is 19.6 Å². The van der Waals surface area contributed by atoms with E-state index in [-0.39, 0.29) is 18.2 Å². The molecule has 3 atom stereocenters. The number of rotatable bonds is 4. The van der Waals surface area contributed by atoms with Crippen LogP contribution in [0.1, 0.15) is 25.7 Å². The molecule has 2 fully saturated rings. The molecule has 2 saturated heterocycles. The summed E-state index contributed by atoms with van der Waals surface area (Å²) in [5, 5.41) is 10.8. The van der Waals surface area contributed by atoms with Crippen molar-refractivity contribution >= 4 is 19.4 Å². The van der Waals surface area contributed by atoms with Crippen molar-refractivity contribution in [2.45, 2.75) is 63.5 Å². The van der Waals surface area contributed by atoms with Crippen molar-refractivity contribution in [1.29, 1.82) is 0 Å². The zero-order valence-electron chi connectivity index (χ0n) is 16.8. The lowest BCUT2D eigenvalue weighted by Gasteiger charge is -2.36. The maximum atomic E-state index is 11.4. The molecular formula is C22H28N2O3Si. The highest BCUT2D eigenvalue weighted by Gasteiger charge is 2.44. The lowest BCUT2D eigenvalue weighted by atomic mass is 10.0. The molecule has 1 amide bonds. The fraction of sp³-hybridized carbons (Fsp3) is 0.455. The molecule has 2 bridgehead atoms. The molecule has 28 heavy (non-hydrogen) atoms. The SMILES string of the molecule is C[Si](C)(C)c1ccc(-c2ccc(OC3C[C@H]4CC[C@@H](C3)N4C(=O)O)nc2)cc1. The van der Waals surface area contributed by atoms with E-state index in [1.807, 2.05) is 18.3 Å². The van der Waals surface area contributed by atoms with Crippen LogP contribution in [0.15, 0.2) is 42.6 Å². The van der Waals surface area contributed by atoms with Crippen LogP contribution in [0.4, 0.5) is 4.79 Å². The van der Waals surface area contributed by atoms with Crippen LogP contribution in [0.3, 0.4) is 0 Å². The van der Waals surface area contributed by atoms with Crippen molar-refractivity contribution in [2.24, 2.45) is 0 Å². The summed E-state index contributed by atoms with van der Waals surface area (Å²) in [6.45, 7) is 7.05. The summed E-state index contributed by atoms with van der Waals surface area (Å²) in [5.41, 5.74) is 2.24. The average molecular weight is 397 g/mol. The van der Waals surface area contributed by atoms with Gasteiger partial charge in [-0.15, -0.1) is 0 Å². The van der Waals surface area contributed by atoms with Crippen LogP contribution in [0.5, 0.6) is 5.88 Å². The van der Waals surface area contributed by atoms with Gasteiger partial charge in [0.05, 0.1) is 8.07 Å². The van der Waals surface area contributed by atoms with Crippen LogP contribution in [0, 0.1) is 0 Å². The number of amides is 1. The largest absolute Gasteiger partial charge is 0.474 e. The molecule has 1 unspecified atom stereocenters. The Balaban J connectivity index is 1.41. The average Bonchev–Trinajstić information content (AvgIpc) is 2.93. The number of nitrogens with zero attached hydrogens (tertiary/aromatic N) is 2. The van der Waals surface area contributed by atoms with Crippen molar-refractivity contribution in [3.8, 4) is 17.0 Å². The Labute approximate surface area is 167 Å². The first-order chi connectivity index (χ1) is 13.3. The molecule has 2 aliphatic heterocycles. The van der Waals surface area contributed by atoms with Gasteiger partial charge < -0.3 is 14.7 Å². The van der Waals surface area contributed by atoms with Crippen molar-refractivity contribution in [1.82, 2.24) is 9.88 Å². The molecule has 2 aromatic rings. The van der Waals surface area contributed by atoms with Crippen molar-refractivity contribution in [3.05, 3.63) is 42.6 Å². The minimum atomic E-state index is -1.29. The number of ether oxygens (including phenoxy) is 1. The highest BCUT2D eigenvalue weighted by atomic mass is 28.3. The van der Waals surface area contributed by atoms with Crippen LogP contribution < -0.4 is 9.92 Å². The third-order valence-electron chi connectivity index (χ3n) is 6.02. The predicted octanol–water partition coefficient (Wildman–Crippen LogP) is 4.35. The van der Waals surface area contributed by atoms with Crippen LogP contribution in [-0.2, 0) is 0 Å². The van der Waals surface area contributed by atoms with Gasteiger partial charge in [0.2, 0.25) is 5.88 Å². The molecule has 0 spiro atoms. The van der Waals surface area contributed by atoms with Crippen molar-refractivity contribution in [3.63, 3.8) is 0 Å². The molecule has 1 aromatic carbocycles. The molecule has 6 heteroatoms. The molecule has 4 rings (SSSR count). The number of piperidine rings is 1. The standard InChI is InChI=1S/C22H28N2O3Si/c1-28(2,3)20-9-4-15(5-10-20)16-6-11-21(23-14-16)27-19-12-17-7-8-18(13-19)24(17)22(25)26/h4-6,9-11,14,17-19H,7-8,12-13H2,1-3H3,(H,25,26)/t17-,18+,19?. The maximum Gasteiger partial charge on any atom is 0.407 e. The molecule has 1 N–H and O–H groups in total. The summed E-state index contributed by atoms with van der Waals surface area (Å²) in [5.74, 6) is 0.621. The van der Waals surface area contributed by atoms with E-state index in [1.165, 1.54) is 5.19 Å². The molecule has 1 aromatic heterocycles. The Morgan fingerprint density at radius 2 is 1.64 bits per heavy atom. The fourth-order valence-electron chi connectivity index (χ4n) is 4.49. The van der Waals surface area contributed by atoms with Crippen molar-refractivity contribution < 1.29 is 14.6 Å². The van der Waals surface area contributed by atoms with Gasteiger partial charge in [0.1, 0.15) is 6.10 Å². The highest BCUT2D eigenvalue weighted by molar-refractivity contribution is 6.88. The van der Waals surface area contributed by atoms with Crippen LogP contribution in [-0.4, -0.2) is 47.3 Å². The molecular weight excluding hydrogens is 368 g/mol. The predicted molar refractivity (Wildman–Crippen MR) is 113 cm³/mol. The second kappa shape index (κ2) is 7.24. The third-order valence-corrected chi connectivity index (χ3v) is 8.08. The van der Waals surface area contributed by atoms with E-state index in [4.69, 9.17) is 4.74 Å². The van der Waals surface area contributed by atoms with Gasteiger partial charge in [0.15, 0.2) is 0 Å². The van der Waals surface area contributed by atoms with E-state index in [2.05, 4.69) is 48.9 Å². The van der Waals surface area contributed by atoms with Gasteiger partial charge in [-0.2, -0.15) is 0 Å². The highest BCUT2D eigenvalue weighted by Crippen LogP contribution is 2.37. The first kappa shape index (κ1) is 19.0. The zero-order valence-corrected chi connectivity index (χ0v) is 17.8. The Hall–Kier alpha value is -2.34. The van der Waals surface area contributed by atoms with Crippen LogP contribution >= 0.6 is 0 Å². The Kier molecular flexibility index (Phi) is 4.91. The number of hydrogen-bond acceptors (Lipinski definition) is 3. The van der Waals surface area contributed by atoms with Gasteiger partial charge >= 0.3 is 6.09 Å². The normalized spacial score (nSPS) is 24.2.